The molecular formula is C8H9ClN2O2S. The molecule has 0 aromatic carbocycles. The smallest absolute Gasteiger partial charge is 0.294 e. The van der Waals surface area contributed by atoms with Crippen molar-refractivity contribution in [2.75, 3.05) is 0 Å². The number of hydrogen-bond donors (Lipinski definition) is 1. The zero-order valence-electron chi connectivity index (χ0n) is 7.42. The summed E-state index contributed by atoms with van der Waals surface area (Å²) in [6.45, 7) is 2.18. The highest BCUT2D eigenvalue weighted by atomic mass is 35.5. The average molecular weight is 233 g/mol. The van der Waals surface area contributed by atoms with E-state index in [0.29, 0.717) is 17.2 Å². The van der Waals surface area contributed by atoms with Crippen molar-refractivity contribution in [2.24, 2.45) is 0 Å². The third-order valence-corrected chi connectivity index (χ3v) is 2.69. The van der Waals surface area contributed by atoms with Crippen LogP contribution >= 0.6 is 24.2 Å². The monoisotopic (exact) mass is 232 g/mol. The highest BCUT2D eigenvalue weighted by Crippen LogP contribution is 2.27. The van der Waals surface area contributed by atoms with Crippen LogP contribution in [0.1, 0.15) is 18.4 Å². The van der Waals surface area contributed by atoms with E-state index in [1.807, 2.05) is 6.92 Å². The molecule has 0 fully saturated rings. The van der Waals surface area contributed by atoms with Gasteiger partial charge in [0.05, 0.1) is 0 Å². The number of carbonyl (C=O) groups excluding carboxylic acids is 1. The Kier molecular flexibility index (Phi) is 4.16. The van der Waals surface area contributed by atoms with Crippen LogP contribution in [0.5, 0.6) is 0 Å². The maximum Gasteiger partial charge on any atom is 0.294 e. The van der Waals surface area contributed by atoms with Crippen molar-refractivity contribution in [3.8, 4) is 0 Å². The van der Waals surface area contributed by atoms with Crippen LogP contribution in [0.15, 0.2) is 12.5 Å². The first kappa shape index (κ1) is 11.3. The summed E-state index contributed by atoms with van der Waals surface area (Å²) in [5.41, 5.74) is 0.159. The minimum absolute atomic E-state index is 0.155. The highest BCUT2D eigenvalue weighted by molar-refractivity contribution is 7.80. The van der Waals surface area contributed by atoms with Gasteiger partial charge in [-0.25, -0.2) is 9.97 Å². The predicted octanol–water partition coefficient (Wildman–Crippen LogP) is 1.66. The number of ether oxygens (including phenoxy) is 1. The van der Waals surface area contributed by atoms with E-state index in [1.54, 1.807) is 6.20 Å². The lowest BCUT2D eigenvalue weighted by atomic mass is 10.1. The Labute approximate surface area is 92.1 Å². The van der Waals surface area contributed by atoms with Crippen LogP contribution < -0.4 is 0 Å². The largest absolute Gasteiger partial charge is 0.453 e. The van der Waals surface area contributed by atoms with Crippen LogP contribution in [0.2, 0.25) is 5.15 Å². The van der Waals surface area contributed by atoms with E-state index in [-0.39, 0.29) is 5.92 Å². The van der Waals surface area contributed by atoms with Crippen molar-refractivity contribution in [3.05, 3.63) is 23.2 Å². The van der Waals surface area contributed by atoms with Gasteiger partial charge in [0, 0.05) is 17.7 Å². The van der Waals surface area contributed by atoms with Crippen molar-refractivity contribution < 1.29 is 9.53 Å². The Balaban J connectivity index is 2.83. The zero-order valence-corrected chi connectivity index (χ0v) is 9.07. The van der Waals surface area contributed by atoms with E-state index in [4.69, 9.17) is 11.6 Å². The van der Waals surface area contributed by atoms with E-state index in [1.165, 1.54) is 6.33 Å². The summed E-state index contributed by atoms with van der Waals surface area (Å²) in [5, 5.41) is 0.348. The summed E-state index contributed by atoms with van der Waals surface area (Å²) >= 11 is 9.93. The summed E-state index contributed by atoms with van der Waals surface area (Å²) < 4.78 is 4.68. The summed E-state index contributed by atoms with van der Waals surface area (Å²) in [6, 6.07) is 0. The second-order valence-corrected chi connectivity index (χ2v) is 3.55. The van der Waals surface area contributed by atoms with Gasteiger partial charge in [-0.2, -0.15) is 0 Å². The third-order valence-electron chi connectivity index (χ3n) is 1.80. The van der Waals surface area contributed by atoms with Crippen LogP contribution in [0.3, 0.4) is 0 Å². The van der Waals surface area contributed by atoms with E-state index >= 15 is 0 Å². The molecule has 2 atom stereocenters. The van der Waals surface area contributed by atoms with E-state index < -0.39 is 5.44 Å². The summed E-state index contributed by atoms with van der Waals surface area (Å²) in [5.74, 6) is -0.155. The second kappa shape index (κ2) is 5.17. The van der Waals surface area contributed by atoms with E-state index in [9.17, 15) is 4.79 Å². The molecule has 0 aliphatic heterocycles. The van der Waals surface area contributed by atoms with E-state index in [2.05, 4.69) is 27.3 Å². The maximum absolute atomic E-state index is 10.1. The van der Waals surface area contributed by atoms with Crippen molar-refractivity contribution in [1.29, 1.82) is 0 Å². The Morgan fingerprint density at radius 1 is 1.71 bits per heavy atom. The summed E-state index contributed by atoms with van der Waals surface area (Å²) in [4.78, 5) is 17.8. The van der Waals surface area contributed by atoms with Crippen LogP contribution in [-0.2, 0) is 9.53 Å². The number of rotatable bonds is 4. The SMILES string of the molecule is CC(c1cncnc1Cl)C(S)OC=O. The molecule has 1 heterocycles. The summed E-state index contributed by atoms with van der Waals surface area (Å²) in [7, 11) is 0. The average Bonchev–Trinajstić information content (AvgIpc) is 2.18. The number of carbonyl (C=O) groups is 1. The van der Waals surface area contributed by atoms with E-state index in [0.717, 1.165) is 0 Å². The Morgan fingerprint density at radius 2 is 2.43 bits per heavy atom. The first-order valence-electron chi connectivity index (χ1n) is 3.89. The van der Waals surface area contributed by atoms with Crippen molar-refractivity contribution in [2.45, 2.75) is 18.3 Å². The summed E-state index contributed by atoms with van der Waals surface area (Å²) in [6.07, 6.45) is 2.93. The molecule has 6 heteroatoms. The Hall–Kier alpha value is -0.810. The molecule has 4 nitrogen and oxygen atoms in total. The fraction of sp³-hybridized carbons (Fsp3) is 0.375. The number of hydrogen-bond acceptors (Lipinski definition) is 5. The molecule has 0 bridgehead atoms. The lowest BCUT2D eigenvalue weighted by Gasteiger charge is -2.17. The Morgan fingerprint density at radius 3 is 3.00 bits per heavy atom. The quantitative estimate of drug-likeness (QED) is 0.371. The molecule has 14 heavy (non-hydrogen) atoms. The van der Waals surface area contributed by atoms with Gasteiger partial charge < -0.3 is 4.74 Å². The molecular weight excluding hydrogens is 224 g/mol. The molecule has 0 radical (unpaired) electrons. The molecule has 1 aromatic heterocycles. The molecule has 1 rings (SSSR count). The first-order valence-corrected chi connectivity index (χ1v) is 4.78. The molecule has 0 saturated heterocycles. The molecule has 76 valence electrons. The van der Waals surface area contributed by atoms with Crippen molar-refractivity contribution >= 4 is 30.7 Å². The number of halogens is 1. The van der Waals surface area contributed by atoms with Crippen LogP contribution in [0.4, 0.5) is 0 Å². The van der Waals surface area contributed by atoms with Gasteiger partial charge in [-0.1, -0.05) is 18.5 Å². The molecule has 0 saturated carbocycles. The molecule has 0 aliphatic rings. The standard InChI is InChI=1S/C8H9ClN2O2S/c1-5(8(14)13-4-12)6-2-10-3-11-7(6)9/h2-5,8,14H,1H3. The van der Waals surface area contributed by atoms with Gasteiger partial charge in [-0.3, -0.25) is 4.79 Å². The second-order valence-electron chi connectivity index (χ2n) is 2.68. The fourth-order valence-electron chi connectivity index (χ4n) is 0.959. The fourth-order valence-corrected chi connectivity index (χ4v) is 1.43. The van der Waals surface area contributed by atoms with Crippen molar-refractivity contribution in [3.63, 3.8) is 0 Å². The lowest BCUT2D eigenvalue weighted by Crippen LogP contribution is -2.14. The van der Waals surface area contributed by atoms with Crippen molar-refractivity contribution in [1.82, 2.24) is 9.97 Å². The van der Waals surface area contributed by atoms with Gasteiger partial charge in [0.2, 0.25) is 0 Å². The van der Waals surface area contributed by atoms with Gasteiger partial charge >= 0.3 is 0 Å². The number of thiol groups is 1. The van der Waals surface area contributed by atoms with Gasteiger partial charge in [-0.05, 0) is 0 Å². The van der Waals surface area contributed by atoms with Gasteiger partial charge in [-0.15, -0.1) is 12.6 Å². The van der Waals surface area contributed by atoms with Crippen LogP contribution in [-0.4, -0.2) is 21.9 Å². The third kappa shape index (κ3) is 2.59. The number of aromatic nitrogens is 2. The van der Waals surface area contributed by atoms with Gasteiger partial charge in [0.1, 0.15) is 11.5 Å². The molecule has 0 spiro atoms. The Bertz CT molecular complexity index is 324. The first-order chi connectivity index (χ1) is 6.66. The molecule has 0 aliphatic carbocycles. The normalized spacial score (nSPS) is 14.5. The van der Waals surface area contributed by atoms with Crippen LogP contribution in [0.25, 0.3) is 0 Å². The van der Waals surface area contributed by atoms with Crippen LogP contribution in [0, 0.1) is 0 Å². The minimum atomic E-state index is -0.545. The molecule has 0 amide bonds. The molecule has 2 unspecified atom stereocenters. The lowest BCUT2D eigenvalue weighted by molar-refractivity contribution is -0.130. The topological polar surface area (TPSA) is 52.1 Å². The van der Waals surface area contributed by atoms with Gasteiger partial charge in [0.25, 0.3) is 6.47 Å². The predicted molar refractivity (Wildman–Crippen MR) is 55.4 cm³/mol. The molecule has 0 N–H and O–H groups in total. The maximum atomic E-state index is 10.1. The molecule has 1 aromatic rings. The highest BCUT2D eigenvalue weighted by Gasteiger charge is 2.19. The minimum Gasteiger partial charge on any atom is -0.453 e. The van der Waals surface area contributed by atoms with Gasteiger partial charge in [0.15, 0.2) is 5.44 Å². The number of nitrogens with zero attached hydrogens (tertiary/aromatic N) is 2. The zero-order chi connectivity index (χ0) is 10.6.